The lowest BCUT2D eigenvalue weighted by Crippen LogP contribution is -2.35. The fourth-order valence-electron chi connectivity index (χ4n) is 1.61. The second-order valence-electron chi connectivity index (χ2n) is 4.03. The van der Waals surface area contributed by atoms with Crippen LogP contribution in [0.3, 0.4) is 0 Å². The van der Waals surface area contributed by atoms with E-state index < -0.39 is 0 Å². The summed E-state index contributed by atoms with van der Waals surface area (Å²) < 4.78 is 0. The number of pyridine rings is 1. The van der Waals surface area contributed by atoms with Gasteiger partial charge in [0.05, 0.1) is 23.2 Å². The zero-order valence-corrected chi connectivity index (χ0v) is 12.2. The van der Waals surface area contributed by atoms with Crippen molar-refractivity contribution < 1.29 is 9.90 Å². The first-order valence-electron chi connectivity index (χ1n) is 6.01. The molecule has 5 nitrogen and oxygen atoms in total. The molecule has 1 heterocycles. The average molecular weight is 306 g/mol. The molecule has 106 valence electrons. The quantitative estimate of drug-likeness (QED) is 0.809. The number of halogens is 2. The molecule has 19 heavy (non-hydrogen) atoms. The predicted molar refractivity (Wildman–Crippen MR) is 76.7 cm³/mol. The van der Waals surface area contributed by atoms with Crippen LogP contribution in [0.1, 0.15) is 13.3 Å². The highest BCUT2D eigenvalue weighted by Crippen LogP contribution is 2.22. The van der Waals surface area contributed by atoms with Crippen LogP contribution in [-0.2, 0) is 4.79 Å². The fraction of sp³-hybridized carbons (Fsp3) is 0.500. The molecule has 0 spiro atoms. The van der Waals surface area contributed by atoms with E-state index in [9.17, 15) is 4.79 Å². The molecule has 0 unspecified atom stereocenters. The molecule has 7 heteroatoms. The van der Waals surface area contributed by atoms with Crippen molar-refractivity contribution in [2.75, 3.05) is 31.6 Å². The minimum Gasteiger partial charge on any atom is -0.395 e. The molecule has 0 aliphatic rings. The van der Waals surface area contributed by atoms with E-state index in [-0.39, 0.29) is 24.9 Å². The second-order valence-corrected chi connectivity index (χ2v) is 4.88. The number of rotatable bonds is 7. The highest BCUT2D eigenvalue weighted by atomic mass is 35.5. The Morgan fingerprint density at radius 3 is 2.79 bits per heavy atom. The number of aliphatic hydroxyl groups is 1. The zero-order valence-electron chi connectivity index (χ0n) is 10.7. The van der Waals surface area contributed by atoms with Gasteiger partial charge in [-0.3, -0.25) is 9.69 Å². The summed E-state index contributed by atoms with van der Waals surface area (Å²) in [5.41, 5.74) is 0. The summed E-state index contributed by atoms with van der Waals surface area (Å²) in [6, 6.07) is 1.52. The van der Waals surface area contributed by atoms with Gasteiger partial charge in [0.15, 0.2) is 5.82 Å². The minimum absolute atomic E-state index is 0.0211. The van der Waals surface area contributed by atoms with E-state index in [1.807, 2.05) is 11.8 Å². The minimum atomic E-state index is -0.223. The van der Waals surface area contributed by atoms with Gasteiger partial charge in [-0.2, -0.15) is 0 Å². The topological polar surface area (TPSA) is 65.5 Å². The Morgan fingerprint density at radius 1 is 1.47 bits per heavy atom. The lowest BCUT2D eigenvalue weighted by molar-refractivity contribution is -0.117. The van der Waals surface area contributed by atoms with E-state index in [2.05, 4.69) is 10.3 Å². The van der Waals surface area contributed by atoms with Gasteiger partial charge >= 0.3 is 0 Å². The van der Waals surface area contributed by atoms with Crippen molar-refractivity contribution in [1.82, 2.24) is 9.88 Å². The number of nitrogens with zero attached hydrogens (tertiary/aromatic N) is 2. The van der Waals surface area contributed by atoms with Gasteiger partial charge in [0.2, 0.25) is 5.91 Å². The Hall–Kier alpha value is -0.880. The normalized spacial score (nSPS) is 10.8. The molecule has 0 atom stereocenters. The van der Waals surface area contributed by atoms with Crippen molar-refractivity contribution >= 4 is 34.9 Å². The molecule has 1 amide bonds. The van der Waals surface area contributed by atoms with Crippen molar-refractivity contribution in [2.45, 2.75) is 13.3 Å². The van der Waals surface area contributed by atoms with Crippen LogP contribution >= 0.6 is 23.2 Å². The number of aliphatic hydroxyl groups excluding tert-OH is 1. The lowest BCUT2D eigenvalue weighted by atomic mass is 10.3. The Kier molecular flexibility index (Phi) is 7.09. The van der Waals surface area contributed by atoms with Crippen LogP contribution in [0.25, 0.3) is 0 Å². The Balaban J connectivity index is 2.58. The van der Waals surface area contributed by atoms with Crippen LogP contribution in [0.4, 0.5) is 5.82 Å². The molecular weight excluding hydrogens is 289 g/mol. The van der Waals surface area contributed by atoms with E-state index in [0.717, 1.165) is 13.0 Å². The lowest BCUT2D eigenvalue weighted by Gasteiger charge is -2.19. The molecule has 1 aromatic rings. The SMILES string of the molecule is CCCN(CCO)CC(=O)Nc1ncc(Cl)cc1Cl. The molecule has 0 aliphatic carbocycles. The average Bonchev–Trinajstić information content (AvgIpc) is 2.33. The van der Waals surface area contributed by atoms with Crippen LogP contribution < -0.4 is 5.32 Å². The first kappa shape index (κ1) is 16.2. The number of carbonyl (C=O) groups excluding carboxylic acids is 1. The summed E-state index contributed by atoms with van der Waals surface area (Å²) in [6.07, 6.45) is 2.33. The number of carbonyl (C=O) groups is 1. The van der Waals surface area contributed by atoms with E-state index in [1.165, 1.54) is 12.3 Å². The van der Waals surface area contributed by atoms with Crippen LogP contribution in [0.5, 0.6) is 0 Å². The van der Waals surface area contributed by atoms with Crippen molar-refractivity contribution in [1.29, 1.82) is 0 Å². The van der Waals surface area contributed by atoms with Crippen LogP contribution in [-0.4, -0.2) is 47.1 Å². The van der Waals surface area contributed by atoms with Crippen LogP contribution in [0, 0.1) is 0 Å². The zero-order chi connectivity index (χ0) is 14.3. The van der Waals surface area contributed by atoms with Gasteiger partial charge in [0.25, 0.3) is 0 Å². The number of hydrogen-bond donors (Lipinski definition) is 2. The predicted octanol–water partition coefficient (Wildman–Crippen LogP) is 2.03. The number of nitrogens with one attached hydrogen (secondary N) is 1. The third-order valence-corrected chi connectivity index (χ3v) is 2.88. The van der Waals surface area contributed by atoms with Gasteiger partial charge < -0.3 is 10.4 Å². The first-order valence-corrected chi connectivity index (χ1v) is 6.76. The Bertz CT molecular complexity index is 423. The molecular formula is C12H17Cl2N3O2. The number of aromatic nitrogens is 1. The molecule has 0 radical (unpaired) electrons. The van der Waals surface area contributed by atoms with E-state index in [4.69, 9.17) is 28.3 Å². The number of hydrogen-bond acceptors (Lipinski definition) is 4. The van der Waals surface area contributed by atoms with E-state index in [1.54, 1.807) is 0 Å². The van der Waals surface area contributed by atoms with Gasteiger partial charge in [-0.05, 0) is 19.0 Å². The van der Waals surface area contributed by atoms with Crippen molar-refractivity contribution in [3.05, 3.63) is 22.3 Å². The highest BCUT2D eigenvalue weighted by Gasteiger charge is 2.12. The van der Waals surface area contributed by atoms with Crippen LogP contribution in [0.2, 0.25) is 10.0 Å². The number of amides is 1. The highest BCUT2D eigenvalue weighted by molar-refractivity contribution is 6.36. The summed E-state index contributed by atoms with van der Waals surface area (Å²) in [5, 5.41) is 12.2. The standard InChI is InChI=1S/C12H17Cl2N3O2/c1-2-3-17(4-5-18)8-11(19)16-12-10(14)6-9(13)7-15-12/h6-7,18H,2-5,8H2,1H3,(H,15,16,19). The van der Waals surface area contributed by atoms with Gasteiger partial charge in [-0.25, -0.2) is 4.98 Å². The molecule has 1 rings (SSSR count). The number of anilines is 1. The molecule has 0 saturated carbocycles. The molecule has 0 saturated heterocycles. The fourth-order valence-corrected chi connectivity index (χ4v) is 2.04. The summed E-state index contributed by atoms with van der Waals surface area (Å²) in [7, 11) is 0. The van der Waals surface area contributed by atoms with Crippen molar-refractivity contribution in [3.8, 4) is 0 Å². The maximum absolute atomic E-state index is 11.8. The molecule has 0 fully saturated rings. The summed E-state index contributed by atoms with van der Waals surface area (Å²) in [6.45, 7) is 3.43. The molecule has 0 aliphatic heterocycles. The van der Waals surface area contributed by atoms with Gasteiger partial charge in [-0.1, -0.05) is 30.1 Å². The van der Waals surface area contributed by atoms with E-state index >= 15 is 0 Å². The first-order chi connectivity index (χ1) is 9.06. The van der Waals surface area contributed by atoms with Gasteiger partial charge in [0, 0.05) is 12.7 Å². The third kappa shape index (κ3) is 5.74. The Labute approximate surface area is 122 Å². The maximum atomic E-state index is 11.8. The summed E-state index contributed by atoms with van der Waals surface area (Å²) in [5.74, 6) is 0.0649. The smallest absolute Gasteiger partial charge is 0.239 e. The monoisotopic (exact) mass is 305 g/mol. The maximum Gasteiger partial charge on any atom is 0.239 e. The van der Waals surface area contributed by atoms with Crippen molar-refractivity contribution in [3.63, 3.8) is 0 Å². The van der Waals surface area contributed by atoms with Crippen LogP contribution in [0.15, 0.2) is 12.3 Å². The third-order valence-electron chi connectivity index (χ3n) is 2.39. The van der Waals surface area contributed by atoms with E-state index in [0.29, 0.717) is 16.6 Å². The summed E-state index contributed by atoms with van der Waals surface area (Å²) >= 11 is 11.6. The summed E-state index contributed by atoms with van der Waals surface area (Å²) in [4.78, 5) is 17.7. The second kappa shape index (κ2) is 8.32. The van der Waals surface area contributed by atoms with Crippen molar-refractivity contribution in [2.24, 2.45) is 0 Å². The molecule has 0 bridgehead atoms. The molecule has 0 aromatic carbocycles. The van der Waals surface area contributed by atoms with Gasteiger partial charge in [-0.15, -0.1) is 0 Å². The molecule has 2 N–H and O–H groups in total. The Morgan fingerprint density at radius 2 is 2.21 bits per heavy atom. The van der Waals surface area contributed by atoms with Gasteiger partial charge in [0.1, 0.15) is 0 Å². The largest absolute Gasteiger partial charge is 0.395 e. The molecule has 1 aromatic heterocycles.